The monoisotopic (exact) mass is 493 g/mol. The smallest absolute Gasteiger partial charge is 0.255 e. The molecule has 0 aromatic heterocycles. The van der Waals surface area contributed by atoms with Gasteiger partial charge in [0.15, 0.2) is 0 Å². The first-order valence-corrected chi connectivity index (χ1v) is 12.7. The molecule has 8 nitrogen and oxygen atoms in total. The number of methoxy groups -OCH3 is 1. The fourth-order valence-corrected chi connectivity index (χ4v) is 5.66. The van der Waals surface area contributed by atoms with E-state index in [1.807, 2.05) is 13.0 Å². The van der Waals surface area contributed by atoms with Crippen LogP contribution in [0, 0.1) is 6.92 Å². The lowest BCUT2D eigenvalue weighted by atomic mass is 10.1. The van der Waals surface area contributed by atoms with Crippen LogP contribution in [-0.2, 0) is 14.8 Å². The Morgan fingerprint density at radius 2 is 1.63 bits per heavy atom. The number of benzene rings is 3. The lowest BCUT2D eigenvalue weighted by molar-refractivity contribution is -0.119. The summed E-state index contributed by atoms with van der Waals surface area (Å²) in [5, 5.41) is 5.58. The molecular formula is C26H27N3O5S. The van der Waals surface area contributed by atoms with Crippen LogP contribution in [0.3, 0.4) is 0 Å². The molecule has 1 heterocycles. The number of rotatable bonds is 7. The third-order valence-corrected chi connectivity index (χ3v) is 7.83. The molecule has 0 unspecified atom stereocenters. The molecule has 1 aliphatic heterocycles. The van der Waals surface area contributed by atoms with Crippen molar-refractivity contribution in [2.45, 2.75) is 30.7 Å². The maximum atomic E-state index is 13.1. The summed E-state index contributed by atoms with van der Waals surface area (Å²) in [6.45, 7) is 2.17. The van der Waals surface area contributed by atoms with Crippen molar-refractivity contribution in [3.8, 4) is 5.75 Å². The molecule has 2 amide bonds. The molecule has 3 aromatic rings. The van der Waals surface area contributed by atoms with Crippen molar-refractivity contribution in [3.63, 3.8) is 0 Å². The third kappa shape index (κ3) is 5.36. The van der Waals surface area contributed by atoms with Crippen LogP contribution in [0.15, 0.2) is 77.7 Å². The number of anilines is 2. The van der Waals surface area contributed by atoms with Gasteiger partial charge in [0.2, 0.25) is 15.9 Å². The molecule has 0 aliphatic carbocycles. The highest BCUT2D eigenvalue weighted by Crippen LogP contribution is 2.28. The molecular weight excluding hydrogens is 466 g/mol. The average Bonchev–Trinajstić information content (AvgIpc) is 3.36. The Bertz CT molecular complexity index is 1320. The zero-order valence-corrected chi connectivity index (χ0v) is 20.3. The summed E-state index contributed by atoms with van der Waals surface area (Å²) in [5.41, 5.74) is 2.38. The van der Waals surface area contributed by atoms with E-state index in [1.54, 1.807) is 66.7 Å². The van der Waals surface area contributed by atoms with Crippen molar-refractivity contribution >= 4 is 33.2 Å². The fraction of sp³-hybridized carbons (Fsp3) is 0.231. The third-order valence-electron chi connectivity index (χ3n) is 5.90. The van der Waals surface area contributed by atoms with E-state index in [0.29, 0.717) is 35.5 Å². The molecule has 182 valence electrons. The Morgan fingerprint density at radius 3 is 2.31 bits per heavy atom. The number of nitrogens with one attached hydrogen (secondary N) is 2. The second-order valence-electron chi connectivity index (χ2n) is 8.31. The predicted molar refractivity (Wildman–Crippen MR) is 134 cm³/mol. The van der Waals surface area contributed by atoms with Crippen molar-refractivity contribution in [3.05, 3.63) is 83.9 Å². The number of hydrogen-bond acceptors (Lipinski definition) is 5. The molecule has 3 aromatic carbocycles. The van der Waals surface area contributed by atoms with Crippen LogP contribution in [0.1, 0.15) is 28.8 Å². The number of para-hydroxylation sites is 2. The lowest BCUT2D eigenvalue weighted by Crippen LogP contribution is -2.43. The van der Waals surface area contributed by atoms with Gasteiger partial charge in [-0.25, -0.2) is 8.42 Å². The van der Waals surface area contributed by atoms with E-state index in [4.69, 9.17) is 4.74 Å². The van der Waals surface area contributed by atoms with Gasteiger partial charge >= 0.3 is 0 Å². The van der Waals surface area contributed by atoms with Crippen molar-refractivity contribution in [1.29, 1.82) is 0 Å². The SMILES string of the molecule is COc1ccccc1NC(=O)c1ccc(NC(=O)[C@H]2CCCN2S(=O)(=O)c2ccc(C)cc2)cc1. The Morgan fingerprint density at radius 1 is 0.943 bits per heavy atom. The molecule has 35 heavy (non-hydrogen) atoms. The summed E-state index contributed by atoms with van der Waals surface area (Å²) in [6.07, 6.45) is 1.04. The first kappa shape index (κ1) is 24.4. The highest BCUT2D eigenvalue weighted by molar-refractivity contribution is 7.89. The zero-order chi connectivity index (χ0) is 25.0. The van der Waals surface area contributed by atoms with Gasteiger partial charge in [0.05, 0.1) is 17.7 Å². The van der Waals surface area contributed by atoms with E-state index in [-0.39, 0.29) is 17.3 Å². The Hall–Kier alpha value is -3.69. The molecule has 1 aliphatic rings. The molecule has 1 fully saturated rings. The van der Waals surface area contributed by atoms with Crippen molar-refractivity contribution in [1.82, 2.24) is 4.31 Å². The number of carbonyl (C=O) groups is 2. The van der Waals surface area contributed by atoms with Crippen LogP contribution in [0.25, 0.3) is 0 Å². The van der Waals surface area contributed by atoms with E-state index >= 15 is 0 Å². The lowest BCUT2D eigenvalue weighted by Gasteiger charge is -2.23. The van der Waals surface area contributed by atoms with Crippen molar-refractivity contribution < 1.29 is 22.7 Å². The first-order valence-electron chi connectivity index (χ1n) is 11.2. The van der Waals surface area contributed by atoms with E-state index < -0.39 is 22.0 Å². The molecule has 0 bridgehead atoms. The number of sulfonamides is 1. The molecule has 0 saturated carbocycles. The number of carbonyl (C=O) groups excluding carboxylic acids is 2. The molecule has 4 rings (SSSR count). The molecule has 9 heteroatoms. The number of amides is 2. The second-order valence-corrected chi connectivity index (χ2v) is 10.2. The highest BCUT2D eigenvalue weighted by Gasteiger charge is 2.39. The van der Waals surface area contributed by atoms with E-state index in [9.17, 15) is 18.0 Å². The van der Waals surface area contributed by atoms with Crippen molar-refractivity contribution in [2.24, 2.45) is 0 Å². The van der Waals surface area contributed by atoms with Crippen LogP contribution >= 0.6 is 0 Å². The number of nitrogens with zero attached hydrogens (tertiary/aromatic N) is 1. The first-order chi connectivity index (χ1) is 16.8. The van der Waals surface area contributed by atoms with Gasteiger partial charge in [-0.05, 0) is 68.3 Å². The Labute approximate surface area is 205 Å². The minimum absolute atomic E-state index is 0.174. The van der Waals surface area contributed by atoms with Gasteiger partial charge in [-0.2, -0.15) is 4.31 Å². The number of aryl methyl sites for hydroxylation is 1. The van der Waals surface area contributed by atoms with E-state index in [1.165, 1.54) is 11.4 Å². The average molecular weight is 494 g/mol. The van der Waals surface area contributed by atoms with Crippen LogP contribution in [-0.4, -0.2) is 44.2 Å². The number of ether oxygens (including phenoxy) is 1. The summed E-state index contributed by atoms with van der Waals surface area (Å²) in [4.78, 5) is 25.8. The van der Waals surface area contributed by atoms with Gasteiger partial charge in [-0.15, -0.1) is 0 Å². The van der Waals surface area contributed by atoms with Gasteiger partial charge in [-0.3, -0.25) is 9.59 Å². The van der Waals surface area contributed by atoms with Crippen molar-refractivity contribution in [2.75, 3.05) is 24.3 Å². The standard InChI is InChI=1S/C26H27N3O5S/c1-18-9-15-21(16-10-18)35(32,33)29-17-5-7-23(29)26(31)27-20-13-11-19(12-14-20)25(30)28-22-6-3-4-8-24(22)34-2/h3-4,6,8-16,23H,5,7,17H2,1-2H3,(H,27,31)(H,28,30)/t23-/m1/s1. The number of hydrogen-bond donors (Lipinski definition) is 2. The quantitative estimate of drug-likeness (QED) is 0.517. The highest BCUT2D eigenvalue weighted by atomic mass is 32.2. The van der Waals surface area contributed by atoms with Crippen LogP contribution < -0.4 is 15.4 Å². The van der Waals surface area contributed by atoms with Gasteiger partial charge in [0, 0.05) is 17.8 Å². The summed E-state index contributed by atoms with van der Waals surface area (Å²) in [5.74, 6) is -0.172. The van der Waals surface area contributed by atoms with Crippen LogP contribution in [0.4, 0.5) is 11.4 Å². The summed E-state index contributed by atoms with van der Waals surface area (Å²) >= 11 is 0. The van der Waals surface area contributed by atoms with Crippen LogP contribution in [0.5, 0.6) is 5.75 Å². The Kier molecular flexibility index (Phi) is 7.18. The summed E-state index contributed by atoms with van der Waals surface area (Å²) < 4.78 is 32.8. The molecule has 2 N–H and O–H groups in total. The largest absolute Gasteiger partial charge is 0.495 e. The second kappa shape index (κ2) is 10.3. The predicted octanol–water partition coefficient (Wildman–Crippen LogP) is 4.05. The maximum absolute atomic E-state index is 13.1. The van der Waals surface area contributed by atoms with Gasteiger partial charge in [0.25, 0.3) is 5.91 Å². The molecule has 1 saturated heterocycles. The Balaban J connectivity index is 1.43. The minimum Gasteiger partial charge on any atom is -0.495 e. The van der Waals surface area contributed by atoms with Crippen LogP contribution in [0.2, 0.25) is 0 Å². The maximum Gasteiger partial charge on any atom is 0.255 e. The van der Waals surface area contributed by atoms with Gasteiger partial charge in [0.1, 0.15) is 11.8 Å². The molecule has 1 atom stereocenters. The summed E-state index contributed by atoms with van der Waals surface area (Å²) in [7, 11) is -2.26. The van der Waals surface area contributed by atoms with E-state index in [2.05, 4.69) is 10.6 Å². The van der Waals surface area contributed by atoms with Gasteiger partial charge in [-0.1, -0.05) is 29.8 Å². The topological polar surface area (TPSA) is 105 Å². The minimum atomic E-state index is -3.79. The molecule has 0 spiro atoms. The zero-order valence-electron chi connectivity index (χ0n) is 19.5. The normalized spacial score (nSPS) is 16.0. The fourth-order valence-electron chi connectivity index (χ4n) is 4.01. The van der Waals surface area contributed by atoms with E-state index in [0.717, 1.165) is 5.56 Å². The molecule has 0 radical (unpaired) electrons. The van der Waals surface area contributed by atoms with Gasteiger partial charge < -0.3 is 15.4 Å². The summed E-state index contributed by atoms with van der Waals surface area (Å²) in [6, 6.07) is 19.3.